The summed E-state index contributed by atoms with van der Waals surface area (Å²) in [4.78, 5) is 16.7. The highest BCUT2D eigenvalue weighted by Crippen LogP contribution is 2.38. The molecule has 0 spiro atoms. The zero-order valence-electron chi connectivity index (χ0n) is 12.2. The fourth-order valence-corrected chi connectivity index (χ4v) is 3.09. The van der Waals surface area contributed by atoms with Gasteiger partial charge in [0.15, 0.2) is 5.16 Å². The van der Waals surface area contributed by atoms with Gasteiger partial charge in [-0.15, -0.1) is 0 Å². The maximum Gasteiger partial charge on any atom is 0.237 e. The quantitative estimate of drug-likeness (QED) is 0.861. The van der Waals surface area contributed by atoms with E-state index in [9.17, 15) is 4.79 Å². The van der Waals surface area contributed by atoms with Crippen molar-refractivity contribution in [1.82, 2.24) is 9.55 Å². The maximum absolute atomic E-state index is 12.3. The van der Waals surface area contributed by atoms with E-state index in [1.807, 2.05) is 13.1 Å². The van der Waals surface area contributed by atoms with Gasteiger partial charge in [-0.1, -0.05) is 23.9 Å². The fourth-order valence-electron chi connectivity index (χ4n) is 2.16. The summed E-state index contributed by atoms with van der Waals surface area (Å²) in [6.45, 7) is 1.85. The number of anilines is 1. The van der Waals surface area contributed by atoms with Crippen LogP contribution in [0.25, 0.3) is 0 Å². The van der Waals surface area contributed by atoms with Crippen LogP contribution in [-0.2, 0) is 4.79 Å². The lowest BCUT2D eigenvalue weighted by Gasteiger charge is -2.13. The first-order chi connectivity index (χ1) is 10.7. The summed E-state index contributed by atoms with van der Waals surface area (Å²) in [7, 11) is 0. The molecule has 1 aliphatic carbocycles. The number of thioether (sulfide) groups is 1. The Bertz CT molecular complexity index is 730. The number of nitrogens with one attached hydrogen (secondary N) is 1. The minimum absolute atomic E-state index is 0.127. The Kier molecular flexibility index (Phi) is 4.16. The summed E-state index contributed by atoms with van der Waals surface area (Å²) in [6, 6.07) is 9.62. The van der Waals surface area contributed by atoms with Crippen molar-refractivity contribution in [2.75, 3.05) is 5.32 Å². The number of para-hydroxylation sites is 1. The van der Waals surface area contributed by atoms with Gasteiger partial charge >= 0.3 is 0 Å². The molecule has 1 aromatic carbocycles. The topological polar surface area (TPSA) is 70.7 Å². The highest BCUT2D eigenvalue weighted by molar-refractivity contribution is 8.00. The van der Waals surface area contributed by atoms with Gasteiger partial charge in [-0.05, 0) is 31.9 Å². The van der Waals surface area contributed by atoms with Crippen LogP contribution in [-0.4, -0.2) is 20.7 Å². The van der Waals surface area contributed by atoms with Crippen molar-refractivity contribution < 1.29 is 4.79 Å². The number of nitrogens with zero attached hydrogens (tertiary/aromatic N) is 3. The summed E-state index contributed by atoms with van der Waals surface area (Å²) in [6.07, 6.45) is 6.10. The second-order valence-corrected chi connectivity index (χ2v) is 6.56. The monoisotopic (exact) mass is 312 g/mol. The molecule has 0 bridgehead atoms. The summed E-state index contributed by atoms with van der Waals surface area (Å²) in [5, 5.41) is 12.5. The van der Waals surface area contributed by atoms with E-state index in [1.54, 1.807) is 30.5 Å². The number of amides is 1. The van der Waals surface area contributed by atoms with E-state index >= 15 is 0 Å². The molecule has 3 rings (SSSR count). The lowest BCUT2D eigenvalue weighted by atomic mass is 10.2. The maximum atomic E-state index is 12.3. The molecule has 1 amide bonds. The van der Waals surface area contributed by atoms with Gasteiger partial charge in [-0.2, -0.15) is 5.26 Å². The third kappa shape index (κ3) is 3.15. The van der Waals surface area contributed by atoms with Crippen LogP contribution in [0.4, 0.5) is 5.69 Å². The van der Waals surface area contributed by atoms with Crippen LogP contribution >= 0.6 is 11.8 Å². The van der Waals surface area contributed by atoms with Gasteiger partial charge in [-0.3, -0.25) is 4.79 Å². The van der Waals surface area contributed by atoms with Crippen molar-refractivity contribution in [1.29, 1.82) is 5.26 Å². The Hall–Kier alpha value is -2.26. The number of hydrogen-bond acceptors (Lipinski definition) is 4. The zero-order valence-corrected chi connectivity index (χ0v) is 13.0. The molecule has 1 aromatic heterocycles. The molecular weight excluding hydrogens is 296 g/mol. The van der Waals surface area contributed by atoms with Gasteiger partial charge in [0.1, 0.15) is 6.07 Å². The molecule has 2 aromatic rings. The minimum Gasteiger partial charge on any atom is -0.324 e. The SMILES string of the molecule is C[C@H](Sc1nccn1C1CC1)C(=O)Nc1ccccc1C#N. The van der Waals surface area contributed by atoms with Gasteiger partial charge in [-0.25, -0.2) is 4.98 Å². The molecule has 5 nitrogen and oxygen atoms in total. The Labute approximate surface area is 133 Å². The first kappa shape index (κ1) is 14.7. The second-order valence-electron chi connectivity index (χ2n) is 5.25. The van der Waals surface area contributed by atoms with Crippen molar-refractivity contribution >= 4 is 23.4 Å². The average molecular weight is 312 g/mol. The number of carbonyl (C=O) groups is 1. The summed E-state index contributed by atoms with van der Waals surface area (Å²) >= 11 is 1.44. The molecule has 1 N–H and O–H groups in total. The predicted molar refractivity (Wildman–Crippen MR) is 85.6 cm³/mol. The first-order valence-corrected chi connectivity index (χ1v) is 8.06. The molecule has 1 atom stereocenters. The van der Waals surface area contributed by atoms with Gasteiger partial charge in [0, 0.05) is 18.4 Å². The van der Waals surface area contributed by atoms with Crippen molar-refractivity contribution in [3.05, 3.63) is 42.2 Å². The van der Waals surface area contributed by atoms with Crippen molar-refractivity contribution in [3.63, 3.8) is 0 Å². The van der Waals surface area contributed by atoms with E-state index in [2.05, 4.69) is 20.9 Å². The zero-order chi connectivity index (χ0) is 15.5. The molecule has 1 fully saturated rings. The predicted octanol–water partition coefficient (Wildman–Crippen LogP) is 3.21. The second kappa shape index (κ2) is 6.24. The number of nitriles is 1. The summed E-state index contributed by atoms with van der Waals surface area (Å²) in [5.74, 6) is -0.127. The van der Waals surface area contributed by atoms with Crippen LogP contribution in [0, 0.1) is 11.3 Å². The molecule has 6 heteroatoms. The van der Waals surface area contributed by atoms with Crippen LogP contribution in [0.1, 0.15) is 31.4 Å². The number of rotatable bonds is 5. The van der Waals surface area contributed by atoms with Crippen LogP contribution in [0.15, 0.2) is 41.8 Å². The Morgan fingerprint density at radius 1 is 1.50 bits per heavy atom. The van der Waals surface area contributed by atoms with Crippen LogP contribution < -0.4 is 5.32 Å². The molecule has 1 saturated carbocycles. The Balaban J connectivity index is 1.67. The Morgan fingerprint density at radius 2 is 2.27 bits per heavy atom. The first-order valence-electron chi connectivity index (χ1n) is 7.18. The fraction of sp³-hybridized carbons (Fsp3) is 0.312. The van der Waals surface area contributed by atoms with Gasteiger partial charge in [0.25, 0.3) is 0 Å². The van der Waals surface area contributed by atoms with Gasteiger partial charge in [0.05, 0.1) is 16.5 Å². The highest BCUT2D eigenvalue weighted by Gasteiger charge is 2.27. The van der Waals surface area contributed by atoms with Crippen molar-refractivity contribution in [2.24, 2.45) is 0 Å². The van der Waals surface area contributed by atoms with Gasteiger partial charge in [0.2, 0.25) is 5.91 Å². The standard InChI is InChI=1S/C16H16N4OS/c1-11(22-16-18-8-9-20(16)13-6-7-13)15(21)19-14-5-3-2-4-12(14)10-17/h2-5,8-9,11,13H,6-7H2,1H3,(H,19,21)/t11-/m0/s1. The number of aromatic nitrogens is 2. The number of hydrogen-bond donors (Lipinski definition) is 1. The molecular formula is C16H16N4OS. The van der Waals surface area contributed by atoms with E-state index < -0.39 is 0 Å². The Morgan fingerprint density at radius 3 is 3.00 bits per heavy atom. The normalized spacial score (nSPS) is 15.1. The van der Waals surface area contributed by atoms with E-state index in [0.717, 1.165) is 5.16 Å². The molecule has 1 aliphatic rings. The third-order valence-electron chi connectivity index (χ3n) is 3.53. The molecule has 0 unspecified atom stereocenters. The minimum atomic E-state index is -0.286. The number of benzene rings is 1. The molecule has 112 valence electrons. The molecule has 0 saturated heterocycles. The lowest BCUT2D eigenvalue weighted by molar-refractivity contribution is -0.115. The number of carbonyl (C=O) groups excluding carboxylic acids is 1. The van der Waals surface area contributed by atoms with Crippen LogP contribution in [0.2, 0.25) is 0 Å². The number of imidazole rings is 1. The van der Waals surface area contributed by atoms with Gasteiger partial charge < -0.3 is 9.88 Å². The van der Waals surface area contributed by atoms with Crippen LogP contribution in [0.3, 0.4) is 0 Å². The van der Waals surface area contributed by atoms with E-state index in [4.69, 9.17) is 5.26 Å². The smallest absolute Gasteiger partial charge is 0.237 e. The molecule has 22 heavy (non-hydrogen) atoms. The van der Waals surface area contributed by atoms with E-state index in [0.29, 0.717) is 17.3 Å². The van der Waals surface area contributed by atoms with E-state index in [1.165, 1.54) is 24.6 Å². The average Bonchev–Trinajstić information content (AvgIpc) is 3.27. The highest BCUT2D eigenvalue weighted by atomic mass is 32.2. The molecule has 0 radical (unpaired) electrons. The van der Waals surface area contributed by atoms with E-state index in [-0.39, 0.29) is 11.2 Å². The molecule has 0 aliphatic heterocycles. The summed E-state index contributed by atoms with van der Waals surface area (Å²) in [5.41, 5.74) is 1.01. The van der Waals surface area contributed by atoms with Crippen molar-refractivity contribution in [2.45, 2.75) is 36.2 Å². The third-order valence-corrected chi connectivity index (χ3v) is 4.62. The summed E-state index contributed by atoms with van der Waals surface area (Å²) < 4.78 is 2.14. The van der Waals surface area contributed by atoms with Crippen LogP contribution in [0.5, 0.6) is 0 Å². The molecule has 1 heterocycles. The lowest BCUT2D eigenvalue weighted by Crippen LogP contribution is -2.23. The largest absolute Gasteiger partial charge is 0.324 e. The van der Waals surface area contributed by atoms with Crippen molar-refractivity contribution in [3.8, 4) is 6.07 Å².